The van der Waals surface area contributed by atoms with Gasteiger partial charge < -0.3 is 15.0 Å². The molecule has 2 rings (SSSR count). The Morgan fingerprint density at radius 3 is 2.47 bits per heavy atom. The normalized spacial score (nSPS) is 16.3. The van der Waals surface area contributed by atoms with Gasteiger partial charge in [-0.15, -0.1) is 10.2 Å². The Labute approximate surface area is 113 Å². The minimum absolute atomic E-state index is 0.244. The van der Waals surface area contributed by atoms with E-state index in [9.17, 15) is 4.79 Å². The highest BCUT2D eigenvalue weighted by Crippen LogP contribution is 2.13. The molecule has 1 saturated heterocycles. The molecule has 0 amide bonds. The molecule has 0 aliphatic carbocycles. The van der Waals surface area contributed by atoms with E-state index in [-0.39, 0.29) is 5.69 Å². The molecule has 1 aliphatic rings. The minimum Gasteiger partial charge on any atom is -0.455 e. The van der Waals surface area contributed by atoms with Crippen LogP contribution in [-0.2, 0) is 4.74 Å². The summed E-state index contributed by atoms with van der Waals surface area (Å²) >= 11 is 0. The van der Waals surface area contributed by atoms with Gasteiger partial charge in [0.15, 0.2) is 11.5 Å². The summed E-state index contributed by atoms with van der Waals surface area (Å²) in [5.41, 5.74) is -0.274. The van der Waals surface area contributed by atoms with Gasteiger partial charge in [-0.2, -0.15) is 0 Å². The lowest BCUT2D eigenvalue weighted by atomic mass is 10.2. The SMILES string of the molecule is CC(C)(C)OC(=O)c1ccc(N2CCNCC2)nn1. The van der Waals surface area contributed by atoms with E-state index in [0.717, 1.165) is 32.0 Å². The maximum atomic E-state index is 11.8. The van der Waals surface area contributed by atoms with E-state index in [1.165, 1.54) is 0 Å². The smallest absolute Gasteiger partial charge is 0.359 e. The first kappa shape index (κ1) is 13.7. The summed E-state index contributed by atoms with van der Waals surface area (Å²) in [5.74, 6) is 0.362. The molecule has 1 N–H and O–H groups in total. The first-order chi connectivity index (χ1) is 8.96. The highest BCUT2D eigenvalue weighted by Gasteiger charge is 2.20. The Morgan fingerprint density at radius 1 is 1.26 bits per heavy atom. The average Bonchev–Trinajstić information content (AvgIpc) is 2.38. The Kier molecular flexibility index (Phi) is 3.99. The fourth-order valence-electron chi connectivity index (χ4n) is 1.83. The van der Waals surface area contributed by atoms with Crippen LogP contribution in [0.25, 0.3) is 0 Å². The number of aromatic nitrogens is 2. The predicted octanol–water partition coefficient (Wildman–Crippen LogP) is 0.841. The number of piperazine rings is 1. The van der Waals surface area contributed by atoms with Crippen LogP contribution < -0.4 is 10.2 Å². The van der Waals surface area contributed by atoms with Crippen molar-refractivity contribution in [1.29, 1.82) is 0 Å². The molecule has 1 aliphatic heterocycles. The van der Waals surface area contributed by atoms with Gasteiger partial charge >= 0.3 is 5.97 Å². The number of ether oxygens (including phenoxy) is 1. The Bertz CT molecular complexity index is 433. The topological polar surface area (TPSA) is 67.3 Å². The second-order valence-electron chi connectivity index (χ2n) is 5.52. The van der Waals surface area contributed by atoms with Crippen LogP contribution in [0, 0.1) is 0 Å². The molecular formula is C13H20N4O2. The molecule has 0 bridgehead atoms. The summed E-state index contributed by atoms with van der Waals surface area (Å²) in [7, 11) is 0. The maximum absolute atomic E-state index is 11.8. The van der Waals surface area contributed by atoms with Crippen LogP contribution in [0.2, 0.25) is 0 Å². The highest BCUT2D eigenvalue weighted by molar-refractivity contribution is 5.87. The van der Waals surface area contributed by atoms with Gasteiger partial charge in [-0.1, -0.05) is 0 Å². The van der Waals surface area contributed by atoms with E-state index < -0.39 is 11.6 Å². The van der Waals surface area contributed by atoms with Crippen molar-refractivity contribution in [2.75, 3.05) is 31.1 Å². The van der Waals surface area contributed by atoms with Crippen molar-refractivity contribution in [3.63, 3.8) is 0 Å². The van der Waals surface area contributed by atoms with Crippen LogP contribution in [0.1, 0.15) is 31.3 Å². The number of nitrogens with zero attached hydrogens (tertiary/aromatic N) is 3. The molecule has 0 atom stereocenters. The van der Waals surface area contributed by atoms with Gasteiger partial charge in [0.05, 0.1) is 0 Å². The molecule has 0 radical (unpaired) electrons. The standard InChI is InChI=1S/C13H20N4O2/c1-13(2,3)19-12(18)10-4-5-11(16-15-10)17-8-6-14-7-9-17/h4-5,14H,6-9H2,1-3H3. The van der Waals surface area contributed by atoms with Crippen LogP contribution in [0.5, 0.6) is 0 Å². The van der Waals surface area contributed by atoms with Crippen molar-refractivity contribution in [1.82, 2.24) is 15.5 Å². The molecule has 1 fully saturated rings. The second-order valence-corrected chi connectivity index (χ2v) is 5.52. The zero-order valence-electron chi connectivity index (χ0n) is 11.6. The number of nitrogens with one attached hydrogen (secondary N) is 1. The number of rotatable bonds is 2. The molecule has 0 aromatic carbocycles. The lowest BCUT2D eigenvalue weighted by Crippen LogP contribution is -2.44. The fraction of sp³-hybridized carbons (Fsp3) is 0.615. The molecule has 6 heteroatoms. The van der Waals surface area contributed by atoms with E-state index in [1.54, 1.807) is 6.07 Å². The molecular weight excluding hydrogens is 244 g/mol. The summed E-state index contributed by atoms with van der Waals surface area (Å²) in [4.78, 5) is 13.9. The molecule has 19 heavy (non-hydrogen) atoms. The second kappa shape index (κ2) is 5.52. The monoisotopic (exact) mass is 264 g/mol. The predicted molar refractivity (Wildman–Crippen MR) is 72.3 cm³/mol. The van der Waals surface area contributed by atoms with Crippen molar-refractivity contribution in [3.05, 3.63) is 17.8 Å². The number of carbonyl (C=O) groups is 1. The molecule has 2 heterocycles. The number of esters is 1. The van der Waals surface area contributed by atoms with Gasteiger partial charge in [-0.3, -0.25) is 0 Å². The summed E-state index contributed by atoms with van der Waals surface area (Å²) in [6.07, 6.45) is 0. The van der Waals surface area contributed by atoms with E-state index >= 15 is 0 Å². The van der Waals surface area contributed by atoms with Gasteiger partial charge in [0, 0.05) is 26.2 Å². The van der Waals surface area contributed by atoms with Gasteiger partial charge in [0.1, 0.15) is 5.60 Å². The zero-order chi connectivity index (χ0) is 13.9. The van der Waals surface area contributed by atoms with Gasteiger partial charge in [0.25, 0.3) is 0 Å². The molecule has 6 nitrogen and oxygen atoms in total. The summed E-state index contributed by atoms with van der Waals surface area (Å²) < 4.78 is 5.24. The fourth-order valence-corrected chi connectivity index (χ4v) is 1.83. The van der Waals surface area contributed by atoms with Crippen LogP contribution in [0.3, 0.4) is 0 Å². The van der Waals surface area contributed by atoms with Crippen molar-refractivity contribution < 1.29 is 9.53 Å². The highest BCUT2D eigenvalue weighted by atomic mass is 16.6. The largest absolute Gasteiger partial charge is 0.455 e. The third kappa shape index (κ3) is 3.89. The lowest BCUT2D eigenvalue weighted by Gasteiger charge is -2.27. The van der Waals surface area contributed by atoms with Gasteiger partial charge in [-0.25, -0.2) is 4.79 Å². The van der Waals surface area contributed by atoms with Crippen molar-refractivity contribution in [3.8, 4) is 0 Å². The molecule has 0 saturated carbocycles. The van der Waals surface area contributed by atoms with E-state index in [0.29, 0.717) is 0 Å². The minimum atomic E-state index is -0.518. The Hall–Kier alpha value is -1.69. The number of hydrogen-bond acceptors (Lipinski definition) is 6. The first-order valence-corrected chi connectivity index (χ1v) is 6.48. The summed E-state index contributed by atoms with van der Waals surface area (Å²) in [6.45, 7) is 9.17. The Balaban J connectivity index is 2.03. The van der Waals surface area contributed by atoms with Crippen LogP contribution in [0.4, 0.5) is 5.82 Å². The van der Waals surface area contributed by atoms with Crippen molar-refractivity contribution in [2.24, 2.45) is 0 Å². The molecule has 1 aromatic heterocycles. The quantitative estimate of drug-likeness (QED) is 0.798. The number of carbonyl (C=O) groups excluding carboxylic acids is 1. The van der Waals surface area contributed by atoms with Crippen LogP contribution >= 0.6 is 0 Å². The van der Waals surface area contributed by atoms with Crippen molar-refractivity contribution in [2.45, 2.75) is 26.4 Å². The summed E-state index contributed by atoms with van der Waals surface area (Å²) in [6, 6.07) is 3.48. The Morgan fingerprint density at radius 2 is 1.95 bits per heavy atom. The molecule has 1 aromatic rings. The van der Waals surface area contributed by atoms with E-state index in [1.807, 2.05) is 26.8 Å². The van der Waals surface area contributed by atoms with Crippen molar-refractivity contribution >= 4 is 11.8 Å². The third-order valence-corrected chi connectivity index (χ3v) is 2.70. The number of anilines is 1. The third-order valence-electron chi connectivity index (χ3n) is 2.70. The van der Waals surface area contributed by atoms with Crippen LogP contribution in [0.15, 0.2) is 12.1 Å². The lowest BCUT2D eigenvalue weighted by molar-refractivity contribution is 0.00616. The maximum Gasteiger partial charge on any atom is 0.359 e. The first-order valence-electron chi connectivity index (χ1n) is 6.48. The molecule has 0 spiro atoms. The van der Waals surface area contributed by atoms with E-state index in [2.05, 4.69) is 20.4 Å². The molecule has 104 valence electrons. The van der Waals surface area contributed by atoms with Crippen LogP contribution in [-0.4, -0.2) is 47.9 Å². The molecule has 0 unspecified atom stereocenters. The van der Waals surface area contributed by atoms with E-state index in [4.69, 9.17) is 4.74 Å². The average molecular weight is 264 g/mol. The zero-order valence-corrected chi connectivity index (χ0v) is 11.6. The van der Waals surface area contributed by atoms with Gasteiger partial charge in [0.2, 0.25) is 0 Å². The summed E-state index contributed by atoms with van der Waals surface area (Å²) in [5, 5.41) is 11.3. The number of hydrogen-bond donors (Lipinski definition) is 1. The van der Waals surface area contributed by atoms with Gasteiger partial charge in [-0.05, 0) is 32.9 Å².